The molecule has 1 aliphatic rings. The van der Waals surface area contributed by atoms with E-state index in [0.29, 0.717) is 13.1 Å². The van der Waals surface area contributed by atoms with Crippen LogP contribution in [0.15, 0.2) is 0 Å². The van der Waals surface area contributed by atoms with Crippen molar-refractivity contribution in [2.45, 2.75) is 26.0 Å². The zero-order valence-corrected chi connectivity index (χ0v) is 12.9. The van der Waals surface area contributed by atoms with Crippen LogP contribution in [0.25, 0.3) is 0 Å². The van der Waals surface area contributed by atoms with Crippen molar-refractivity contribution in [3.8, 4) is 0 Å². The number of β-amino-alcohol motifs (C(OH)–C–C–N with tert-alkyl or cyclic N) is 1. The van der Waals surface area contributed by atoms with E-state index in [1.807, 2.05) is 0 Å². The third-order valence-corrected chi connectivity index (χ3v) is 5.83. The van der Waals surface area contributed by atoms with Gasteiger partial charge in [-0.15, -0.1) is 0 Å². The van der Waals surface area contributed by atoms with E-state index in [-0.39, 0.29) is 13.1 Å². The van der Waals surface area contributed by atoms with Crippen LogP contribution in [0.3, 0.4) is 0 Å². The number of rotatable bonds is 6. The van der Waals surface area contributed by atoms with Crippen molar-refractivity contribution < 1.29 is 21.9 Å². The Bertz CT molecular complexity index is 500. The maximum absolute atomic E-state index is 12.2. The largest absolute Gasteiger partial charge is 0.390 e. The molecule has 2 atom stereocenters. The van der Waals surface area contributed by atoms with Crippen molar-refractivity contribution in [2.24, 2.45) is 0 Å². The minimum Gasteiger partial charge on any atom is -0.390 e. The lowest BCUT2D eigenvalue weighted by Crippen LogP contribution is -2.44. The van der Waals surface area contributed by atoms with Crippen LogP contribution < -0.4 is 4.72 Å². The molecule has 0 spiro atoms. The van der Waals surface area contributed by atoms with Gasteiger partial charge in [0.15, 0.2) is 0 Å². The Morgan fingerprint density at radius 1 is 1.21 bits per heavy atom. The first-order valence-corrected chi connectivity index (χ1v) is 9.31. The Hall–Kier alpha value is -0.260. The summed E-state index contributed by atoms with van der Waals surface area (Å²) in [4.78, 5) is 0. The number of aliphatic hydroxyl groups is 1. The number of nitrogens with zero attached hydrogens (tertiary/aromatic N) is 2. The molecule has 1 aliphatic heterocycles. The first-order chi connectivity index (χ1) is 8.61. The Morgan fingerprint density at radius 3 is 2.16 bits per heavy atom. The van der Waals surface area contributed by atoms with Gasteiger partial charge < -0.3 is 5.11 Å². The molecule has 10 heteroatoms. The van der Waals surface area contributed by atoms with Crippen LogP contribution in [-0.4, -0.2) is 75.1 Å². The second-order valence-electron chi connectivity index (χ2n) is 4.47. The van der Waals surface area contributed by atoms with Gasteiger partial charge >= 0.3 is 0 Å². The minimum absolute atomic E-state index is 0.0624. The van der Waals surface area contributed by atoms with E-state index in [9.17, 15) is 21.9 Å². The van der Waals surface area contributed by atoms with Crippen molar-refractivity contribution in [2.75, 3.05) is 32.4 Å². The SMILES string of the molecule is CCN(CC)S(=O)(=O)N1C[C@@H](O)[C@H](NS(C)(=O)=O)C1. The lowest BCUT2D eigenvalue weighted by atomic mass is 10.2. The zero-order valence-electron chi connectivity index (χ0n) is 11.3. The molecule has 0 aromatic rings. The third kappa shape index (κ3) is 4.10. The highest BCUT2D eigenvalue weighted by molar-refractivity contribution is 7.88. The molecule has 19 heavy (non-hydrogen) atoms. The summed E-state index contributed by atoms with van der Waals surface area (Å²) in [5.74, 6) is 0. The Labute approximate surface area is 114 Å². The van der Waals surface area contributed by atoms with Crippen molar-refractivity contribution in [3.05, 3.63) is 0 Å². The van der Waals surface area contributed by atoms with Gasteiger partial charge in [0.1, 0.15) is 0 Å². The number of aliphatic hydroxyl groups excluding tert-OH is 1. The lowest BCUT2D eigenvalue weighted by molar-refractivity contribution is 0.168. The molecular formula is C9H21N3O5S2. The van der Waals surface area contributed by atoms with Crippen LogP contribution in [0, 0.1) is 0 Å². The normalized spacial score (nSPS) is 26.2. The van der Waals surface area contributed by atoms with Crippen LogP contribution >= 0.6 is 0 Å². The maximum Gasteiger partial charge on any atom is 0.282 e. The highest BCUT2D eigenvalue weighted by atomic mass is 32.2. The summed E-state index contributed by atoms with van der Waals surface area (Å²) >= 11 is 0. The Balaban J connectivity index is 2.84. The van der Waals surface area contributed by atoms with Gasteiger partial charge in [0.05, 0.1) is 18.4 Å². The van der Waals surface area contributed by atoms with Gasteiger partial charge in [-0.3, -0.25) is 0 Å². The molecule has 0 aromatic carbocycles. The van der Waals surface area contributed by atoms with Gasteiger partial charge in [0, 0.05) is 26.2 Å². The van der Waals surface area contributed by atoms with Gasteiger partial charge in [-0.25, -0.2) is 13.1 Å². The molecule has 1 rings (SSSR count). The molecule has 0 aliphatic carbocycles. The standard InChI is InChI=1S/C9H21N3O5S2/c1-4-11(5-2)19(16,17)12-6-8(9(13)7-12)10-18(3,14)15/h8-10,13H,4-7H2,1-3H3/t8-,9-/m1/s1. The van der Waals surface area contributed by atoms with Crippen LogP contribution in [0.5, 0.6) is 0 Å². The van der Waals surface area contributed by atoms with E-state index in [2.05, 4.69) is 4.72 Å². The number of hydrogen-bond acceptors (Lipinski definition) is 5. The van der Waals surface area contributed by atoms with Gasteiger partial charge in [0.25, 0.3) is 10.2 Å². The van der Waals surface area contributed by atoms with Gasteiger partial charge in [0.2, 0.25) is 10.0 Å². The predicted octanol–water partition coefficient (Wildman–Crippen LogP) is -1.83. The molecule has 0 aromatic heterocycles. The molecule has 0 unspecified atom stereocenters. The molecule has 8 nitrogen and oxygen atoms in total. The van der Waals surface area contributed by atoms with Crippen molar-refractivity contribution in [1.82, 2.24) is 13.3 Å². The van der Waals surface area contributed by atoms with Gasteiger partial charge in [-0.05, 0) is 0 Å². The van der Waals surface area contributed by atoms with Crippen LogP contribution in [0.2, 0.25) is 0 Å². The summed E-state index contributed by atoms with van der Waals surface area (Å²) in [6.45, 7) is 3.93. The van der Waals surface area contributed by atoms with Crippen LogP contribution in [-0.2, 0) is 20.2 Å². The van der Waals surface area contributed by atoms with E-state index >= 15 is 0 Å². The van der Waals surface area contributed by atoms with E-state index in [4.69, 9.17) is 0 Å². The third-order valence-electron chi connectivity index (χ3n) is 2.98. The fourth-order valence-corrected chi connectivity index (χ4v) is 4.49. The highest BCUT2D eigenvalue weighted by Crippen LogP contribution is 2.18. The molecule has 1 fully saturated rings. The van der Waals surface area contributed by atoms with Gasteiger partial charge in [-0.2, -0.15) is 17.0 Å². The first-order valence-electron chi connectivity index (χ1n) is 6.02. The lowest BCUT2D eigenvalue weighted by Gasteiger charge is -2.25. The summed E-state index contributed by atoms with van der Waals surface area (Å²) in [5, 5.41) is 9.76. The fraction of sp³-hybridized carbons (Fsp3) is 1.00. The average molecular weight is 315 g/mol. The predicted molar refractivity (Wildman–Crippen MR) is 71.2 cm³/mol. The zero-order chi connectivity index (χ0) is 14.8. The Morgan fingerprint density at radius 2 is 1.74 bits per heavy atom. The first kappa shape index (κ1) is 16.8. The van der Waals surface area contributed by atoms with E-state index < -0.39 is 32.4 Å². The van der Waals surface area contributed by atoms with Crippen LogP contribution in [0.4, 0.5) is 0 Å². The topological polar surface area (TPSA) is 107 Å². The average Bonchev–Trinajstić information content (AvgIpc) is 2.60. The summed E-state index contributed by atoms with van der Waals surface area (Å²) in [7, 11) is -7.14. The maximum atomic E-state index is 12.2. The van der Waals surface area contributed by atoms with Crippen molar-refractivity contribution in [1.29, 1.82) is 0 Å². The number of sulfonamides is 1. The molecule has 1 saturated heterocycles. The Kier molecular flexibility index (Phi) is 5.32. The number of hydrogen-bond donors (Lipinski definition) is 2. The number of nitrogens with one attached hydrogen (secondary N) is 1. The quantitative estimate of drug-likeness (QED) is 0.599. The highest BCUT2D eigenvalue weighted by Gasteiger charge is 2.40. The second kappa shape index (κ2) is 6.02. The molecular weight excluding hydrogens is 294 g/mol. The summed E-state index contributed by atoms with van der Waals surface area (Å²) in [5.41, 5.74) is 0. The molecule has 2 N–H and O–H groups in total. The molecule has 0 bridgehead atoms. The van der Waals surface area contributed by atoms with Gasteiger partial charge in [-0.1, -0.05) is 13.8 Å². The molecule has 1 heterocycles. The van der Waals surface area contributed by atoms with E-state index in [1.165, 1.54) is 4.31 Å². The summed E-state index contributed by atoms with van der Waals surface area (Å²) in [6.07, 6.45) is -0.0681. The molecule has 0 amide bonds. The smallest absolute Gasteiger partial charge is 0.282 e. The van der Waals surface area contributed by atoms with Crippen molar-refractivity contribution in [3.63, 3.8) is 0 Å². The monoisotopic (exact) mass is 315 g/mol. The fourth-order valence-electron chi connectivity index (χ4n) is 2.04. The van der Waals surface area contributed by atoms with Crippen molar-refractivity contribution >= 4 is 20.2 Å². The van der Waals surface area contributed by atoms with E-state index in [1.54, 1.807) is 13.8 Å². The molecule has 0 saturated carbocycles. The second-order valence-corrected chi connectivity index (χ2v) is 8.18. The summed E-state index contributed by atoms with van der Waals surface area (Å²) < 4.78 is 51.3. The minimum atomic E-state index is -3.65. The molecule has 0 radical (unpaired) electrons. The van der Waals surface area contributed by atoms with E-state index in [0.717, 1.165) is 10.6 Å². The summed E-state index contributed by atoms with van der Waals surface area (Å²) in [6, 6.07) is -0.805. The van der Waals surface area contributed by atoms with Crippen LogP contribution in [0.1, 0.15) is 13.8 Å². The molecule has 114 valence electrons.